The van der Waals surface area contributed by atoms with Crippen LogP contribution in [-0.2, 0) is 6.61 Å². The highest BCUT2D eigenvalue weighted by Gasteiger charge is 2.16. The molecule has 0 saturated heterocycles. The van der Waals surface area contributed by atoms with Gasteiger partial charge in [0.25, 0.3) is 5.91 Å². The summed E-state index contributed by atoms with van der Waals surface area (Å²) in [5.74, 6) is 0.850. The Kier molecular flexibility index (Phi) is 5.14. The van der Waals surface area contributed by atoms with Gasteiger partial charge in [0.1, 0.15) is 12.4 Å². The number of aromatic nitrogens is 1. The highest BCUT2D eigenvalue weighted by Crippen LogP contribution is 2.21. The molecule has 25 heavy (non-hydrogen) atoms. The average molecular weight is 336 g/mol. The molecule has 5 heteroatoms. The van der Waals surface area contributed by atoms with E-state index in [2.05, 4.69) is 10.3 Å². The number of ether oxygens (including phenoxy) is 1. The van der Waals surface area contributed by atoms with Gasteiger partial charge >= 0.3 is 0 Å². The van der Waals surface area contributed by atoms with Crippen molar-refractivity contribution in [3.63, 3.8) is 0 Å². The minimum atomic E-state index is -0.227. The molecule has 0 unspecified atom stereocenters. The summed E-state index contributed by atoms with van der Waals surface area (Å²) in [7, 11) is 0. The van der Waals surface area contributed by atoms with Crippen LogP contribution in [-0.4, -0.2) is 10.9 Å². The number of hydrogen-bond acceptors (Lipinski definition) is 4. The molecule has 3 aromatic rings. The fourth-order valence-electron chi connectivity index (χ4n) is 2.47. The molecule has 5 nitrogen and oxygen atoms in total. The predicted octanol–water partition coefficient (Wildman–Crippen LogP) is 4.05. The molecule has 1 atom stereocenters. The van der Waals surface area contributed by atoms with Gasteiger partial charge in [0.2, 0.25) is 0 Å². The SMILES string of the molecule is Cc1ccoc1C(=O)N[C@H](C)c1cccc(OCc2ccccn2)c1. The molecule has 0 fully saturated rings. The van der Waals surface area contributed by atoms with Gasteiger partial charge in [0, 0.05) is 11.8 Å². The van der Waals surface area contributed by atoms with E-state index >= 15 is 0 Å². The van der Waals surface area contributed by atoms with Crippen LogP contribution in [0.4, 0.5) is 0 Å². The Balaban J connectivity index is 1.64. The third-order valence-corrected chi connectivity index (χ3v) is 3.89. The molecule has 0 spiro atoms. The number of amides is 1. The molecule has 0 saturated carbocycles. The molecule has 128 valence electrons. The lowest BCUT2D eigenvalue weighted by Gasteiger charge is -2.15. The average Bonchev–Trinajstić information content (AvgIpc) is 3.07. The summed E-state index contributed by atoms with van der Waals surface area (Å²) < 4.78 is 11.0. The summed E-state index contributed by atoms with van der Waals surface area (Å²) in [6.07, 6.45) is 3.25. The van der Waals surface area contributed by atoms with Gasteiger partial charge in [0.05, 0.1) is 18.0 Å². The Morgan fingerprint density at radius 3 is 2.84 bits per heavy atom. The van der Waals surface area contributed by atoms with Gasteiger partial charge in [-0.2, -0.15) is 0 Å². The number of rotatable bonds is 6. The quantitative estimate of drug-likeness (QED) is 0.737. The van der Waals surface area contributed by atoms with Crippen molar-refractivity contribution in [2.24, 2.45) is 0 Å². The molecule has 0 aliphatic carbocycles. The summed E-state index contributed by atoms with van der Waals surface area (Å²) in [5, 5.41) is 2.94. The van der Waals surface area contributed by atoms with Gasteiger partial charge in [-0.05, 0) is 49.7 Å². The van der Waals surface area contributed by atoms with Crippen molar-refractivity contribution in [2.45, 2.75) is 26.5 Å². The Hall–Kier alpha value is -3.08. The second-order valence-electron chi connectivity index (χ2n) is 5.81. The topological polar surface area (TPSA) is 64.4 Å². The maximum atomic E-state index is 12.3. The molecule has 0 aliphatic heterocycles. The summed E-state index contributed by atoms with van der Waals surface area (Å²) in [6.45, 7) is 4.17. The molecular formula is C20H20N2O3. The van der Waals surface area contributed by atoms with Crippen LogP contribution < -0.4 is 10.1 Å². The van der Waals surface area contributed by atoms with Crippen LogP contribution in [0, 0.1) is 6.92 Å². The van der Waals surface area contributed by atoms with E-state index in [1.807, 2.05) is 56.3 Å². The summed E-state index contributed by atoms with van der Waals surface area (Å²) in [4.78, 5) is 16.5. The van der Waals surface area contributed by atoms with E-state index in [1.54, 1.807) is 12.3 Å². The number of benzene rings is 1. The standard InChI is InChI=1S/C20H20N2O3/c1-14-9-11-24-19(14)20(23)22-15(2)16-6-5-8-18(12-16)25-13-17-7-3-4-10-21-17/h3-12,15H,13H2,1-2H3,(H,22,23)/t15-/m1/s1. The minimum Gasteiger partial charge on any atom is -0.487 e. The van der Waals surface area contributed by atoms with E-state index in [1.165, 1.54) is 6.26 Å². The van der Waals surface area contributed by atoms with Crippen LogP contribution in [0.5, 0.6) is 5.75 Å². The van der Waals surface area contributed by atoms with Crippen LogP contribution in [0.2, 0.25) is 0 Å². The first-order valence-electron chi connectivity index (χ1n) is 8.11. The number of carbonyl (C=O) groups excluding carboxylic acids is 1. The first-order valence-corrected chi connectivity index (χ1v) is 8.11. The second-order valence-corrected chi connectivity index (χ2v) is 5.81. The van der Waals surface area contributed by atoms with Gasteiger partial charge in [-0.25, -0.2) is 0 Å². The summed E-state index contributed by atoms with van der Waals surface area (Å²) in [6, 6.07) is 15.0. The molecule has 0 bridgehead atoms. The van der Waals surface area contributed by atoms with Crippen LogP contribution in [0.25, 0.3) is 0 Å². The third-order valence-electron chi connectivity index (χ3n) is 3.89. The van der Waals surface area contributed by atoms with Gasteiger partial charge in [-0.1, -0.05) is 18.2 Å². The normalized spacial score (nSPS) is 11.8. The molecule has 0 aliphatic rings. The highest BCUT2D eigenvalue weighted by atomic mass is 16.5. The maximum absolute atomic E-state index is 12.3. The van der Waals surface area contributed by atoms with Crippen LogP contribution in [0.15, 0.2) is 65.4 Å². The number of carbonyl (C=O) groups is 1. The Morgan fingerprint density at radius 1 is 1.24 bits per heavy atom. The van der Waals surface area contributed by atoms with Crippen molar-refractivity contribution < 1.29 is 13.9 Å². The lowest BCUT2D eigenvalue weighted by molar-refractivity contribution is 0.0911. The zero-order chi connectivity index (χ0) is 17.6. The number of nitrogens with one attached hydrogen (secondary N) is 1. The third kappa shape index (κ3) is 4.26. The number of furan rings is 1. The molecular weight excluding hydrogens is 316 g/mol. The van der Waals surface area contributed by atoms with Crippen LogP contribution in [0.3, 0.4) is 0 Å². The van der Waals surface area contributed by atoms with Gasteiger partial charge < -0.3 is 14.5 Å². The summed E-state index contributed by atoms with van der Waals surface area (Å²) >= 11 is 0. The van der Waals surface area contributed by atoms with Gasteiger partial charge in [-0.15, -0.1) is 0 Å². The minimum absolute atomic E-state index is 0.171. The highest BCUT2D eigenvalue weighted by molar-refractivity contribution is 5.93. The van der Waals surface area contributed by atoms with Crippen molar-refractivity contribution in [1.29, 1.82) is 0 Å². The van der Waals surface area contributed by atoms with Crippen molar-refractivity contribution >= 4 is 5.91 Å². The molecule has 2 aromatic heterocycles. The van der Waals surface area contributed by atoms with Crippen molar-refractivity contribution in [3.8, 4) is 5.75 Å². The number of aryl methyl sites for hydroxylation is 1. The van der Waals surface area contributed by atoms with E-state index < -0.39 is 0 Å². The van der Waals surface area contributed by atoms with E-state index in [9.17, 15) is 4.79 Å². The van der Waals surface area contributed by atoms with E-state index in [4.69, 9.17) is 9.15 Å². The molecule has 2 heterocycles. The first-order chi connectivity index (χ1) is 12.1. The smallest absolute Gasteiger partial charge is 0.287 e. The number of hydrogen-bond donors (Lipinski definition) is 1. The van der Waals surface area contributed by atoms with Gasteiger partial charge in [0.15, 0.2) is 5.76 Å². The Bertz CT molecular complexity index is 843. The lowest BCUT2D eigenvalue weighted by Crippen LogP contribution is -2.26. The monoisotopic (exact) mass is 336 g/mol. The molecule has 1 N–H and O–H groups in total. The second kappa shape index (κ2) is 7.66. The molecule has 0 radical (unpaired) electrons. The molecule has 1 amide bonds. The molecule has 3 rings (SSSR count). The van der Waals surface area contributed by atoms with Crippen molar-refractivity contribution in [1.82, 2.24) is 10.3 Å². The van der Waals surface area contributed by atoms with Gasteiger partial charge in [-0.3, -0.25) is 9.78 Å². The largest absolute Gasteiger partial charge is 0.487 e. The summed E-state index contributed by atoms with van der Waals surface area (Å²) in [5.41, 5.74) is 2.63. The Morgan fingerprint density at radius 2 is 2.12 bits per heavy atom. The zero-order valence-corrected chi connectivity index (χ0v) is 14.2. The zero-order valence-electron chi connectivity index (χ0n) is 14.2. The van der Waals surface area contributed by atoms with Crippen molar-refractivity contribution in [3.05, 3.63) is 83.6 Å². The van der Waals surface area contributed by atoms with Crippen molar-refractivity contribution in [2.75, 3.05) is 0 Å². The maximum Gasteiger partial charge on any atom is 0.287 e. The van der Waals surface area contributed by atoms with E-state index in [-0.39, 0.29) is 11.9 Å². The Labute approximate surface area is 146 Å². The van der Waals surface area contributed by atoms with Crippen LogP contribution in [0.1, 0.15) is 40.3 Å². The number of nitrogens with zero attached hydrogens (tertiary/aromatic N) is 1. The molecule has 1 aromatic carbocycles. The van der Waals surface area contributed by atoms with E-state index in [0.717, 1.165) is 22.6 Å². The van der Waals surface area contributed by atoms with E-state index in [0.29, 0.717) is 12.4 Å². The first kappa shape index (κ1) is 16.8. The van der Waals surface area contributed by atoms with Crippen LogP contribution >= 0.6 is 0 Å². The fourth-order valence-corrected chi connectivity index (χ4v) is 2.47. The lowest BCUT2D eigenvalue weighted by atomic mass is 10.1. The predicted molar refractivity (Wildman–Crippen MR) is 94.3 cm³/mol. The number of pyridine rings is 1. The fraction of sp³-hybridized carbons (Fsp3) is 0.200.